The highest BCUT2D eigenvalue weighted by Gasteiger charge is 2.20. The average Bonchev–Trinajstić information content (AvgIpc) is 2.94. The smallest absolute Gasteiger partial charge is 0.414 e. The standard InChI is InChI=1S/C23H31N3O.2C2H2O4/c1-2-23(27)26(22-12-7-4-8-13-22)19-18-25-16-9-15-24(20-25)17-14-21-10-5-3-6-11-21;2*3-1(4)2(5)6/h3-8,10-13H,2,9,14-20H2,1H3;2*(H,3,4)(H,5,6). The SMILES string of the molecule is CCC(=O)N(CCN1CCCN(CCc2ccccc2)C1)c1ccccc1.O=C(O)C(=O)O.O=C(O)C(=O)O. The second-order valence-electron chi connectivity index (χ2n) is 8.42. The van der Waals surface area contributed by atoms with Crippen LogP contribution in [0, 0.1) is 0 Å². The van der Waals surface area contributed by atoms with E-state index in [9.17, 15) is 4.79 Å². The number of carbonyl (C=O) groups is 5. The Bertz CT molecular complexity index is 1020. The summed E-state index contributed by atoms with van der Waals surface area (Å²) in [5.41, 5.74) is 2.40. The van der Waals surface area contributed by atoms with Crippen LogP contribution in [0.25, 0.3) is 0 Å². The number of hydrogen-bond acceptors (Lipinski definition) is 7. The molecule has 1 heterocycles. The Morgan fingerprint density at radius 3 is 1.64 bits per heavy atom. The summed E-state index contributed by atoms with van der Waals surface area (Å²) in [6.07, 6.45) is 2.83. The Morgan fingerprint density at radius 1 is 0.718 bits per heavy atom. The summed E-state index contributed by atoms with van der Waals surface area (Å²) in [6, 6.07) is 20.7. The van der Waals surface area contributed by atoms with E-state index in [2.05, 4.69) is 40.1 Å². The van der Waals surface area contributed by atoms with E-state index in [-0.39, 0.29) is 5.91 Å². The molecule has 0 atom stereocenters. The summed E-state index contributed by atoms with van der Waals surface area (Å²) < 4.78 is 0. The van der Waals surface area contributed by atoms with E-state index in [0.717, 1.165) is 45.0 Å². The number of aliphatic carboxylic acids is 4. The summed E-state index contributed by atoms with van der Waals surface area (Å²) in [7, 11) is 0. The molecule has 3 rings (SSSR count). The Labute approximate surface area is 226 Å². The fourth-order valence-electron chi connectivity index (χ4n) is 3.68. The van der Waals surface area contributed by atoms with Crippen LogP contribution in [0.5, 0.6) is 0 Å². The lowest BCUT2D eigenvalue weighted by Crippen LogP contribution is -2.48. The molecule has 1 amide bonds. The minimum absolute atomic E-state index is 0.194. The minimum Gasteiger partial charge on any atom is -0.473 e. The zero-order valence-electron chi connectivity index (χ0n) is 21.8. The molecule has 39 heavy (non-hydrogen) atoms. The van der Waals surface area contributed by atoms with E-state index in [0.29, 0.717) is 6.42 Å². The van der Waals surface area contributed by atoms with Gasteiger partial charge in [-0.3, -0.25) is 14.6 Å². The molecular weight excluding hydrogens is 510 g/mol. The summed E-state index contributed by atoms with van der Waals surface area (Å²) in [4.78, 5) is 55.7. The number of carboxylic acid groups (broad SMARTS) is 4. The van der Waals surface area contributed by atoms with Crippen LogP contribution in [0.15, 0.2) is 60.7 Å². The topological polar surface area (TPSA) is 176 Å². The molecule has 1 aliphatic rings. The van der Waals surface area contributed by atoms with Crippen molar-refractivity contribution in [3.05, 3.63) is 66.2 Å². The van der Waals surface area contributed by atoms with E-state index >= 15 is 0 Å². The molecule has 0 aliphatic carbocycles. The van der Waals surface area contributed by atoms with Crippen molar-refractivity contribution in [3.8, 4) is 0 Å². The predicted octanol–water partition coefficient (Wildman–Crippen LogP) is 1.95. The summed E-state index contributed by atoms with van der Waals surface area (Å²) in [5.74, 6) is -7.10. The van der Waals surface area contributed by atoms with E-state index in [1.807, 2.05) is 42.2 Å². The molecule has 2 aromatic carbocycles. The molecule has 0 radical (unpaired) electrons. The van der Waals surface area contributed by atoms with Gasteiger partial charge in [0.25, 0.3) is 0 Å². The molecule has 1 aliphatic heterocycles. The van der Waals surface area contributed by atoms with Gasteiger partial charge in [0.2, 0.25) is 5.91 Å². The molecule has 12 nitrogen and oxygen atoms in total. The first kappa shape index (κ1) is 32.7. The van der Waals surface area contributed by atoms with Gasteiger partial charge in [-0.05, 0) is 30.5 Å². The zero-order valence-corrected chi connectivity index (χ0v) is 21.8. The van der Waals surface area contributed by atoms with E-state index in [1.165, 1.54) is 18.5 Å². The maximum absolute atomic E-state index is 12.4. The molecule has 212 valence electrons. The largest absolute Gasteiger partial charge is 0.473 e. The highest BCUT2D eigenvalue weighted by Crippen LogP contribution is 2.15. The summed E-state index contributed by atoms with van der Waals surface area (Å²) in [5, 5.41) is 29.6. The van der Waals surface area contributed by atoms with Gasteiger partial charge >= 0.3 is 23.9 Å². The fraction of sp³-hybridized carbons (Fsp3) is 0.370. The predicted molar refractivity (Wildman–Crippen MR) is 142 cm³/mol. The number of hydrogen-bond donors (Lipinski definition) is 4. The van der Waals surface area contributed by atoms with Gasteiger partial charge in [-0.1, -0.05) is 55.5 Å². The highest BCUT2D eigenvalue weighted by molar-refractivity contribution is 6.27. The number of carboxylic acids is 4. The van der Waals surface area contributed by atoms with Crippen molar-refractivity contribution in [2.24, 2.45) is 0 Å². The quantitative estimate of drug-likeness (QED) is 0.357. The Balaban J connectivity index is 0.000000530. The normalized spacial score (nSPS) is 13.1. The van der Waals surface area contributed by atoms with E-state index in [4.69, 9.17) is 39.6 Å². The van der Waals surface area contributed by atoms with Gasteiger partial charge in [-0.2, -0.15) is 0 Å². The van der Waals surface area contributed by atoms with Crippen molar-refractivity contribution in [1.82, 2.24) is 9.80 Å². The number of amides is 1. The lowest BCUT2D eigenvalue weighted by atomic mass is 10.1. The third-order valence-corrected chi connectivity index (χ3v) is 5.59. The summed E-state index contributed by atoms with van der Waals surface area (Å²) in [6.45, 7) is 7.98. The second-order valence-corrected chi connectivity index (χ2v) is 8.42. The van der Waals surface area contributed by atoms with Crippen LogP contribution in [0.2, 0.25) is 0 Å². The van der Waals surface area contributed by atoms with Crippen LogP contribution in [0.1, 0.15) is 25.3 Å². The van der Waals surface area contributed by atoms with Gasteiger partial charge in [0.05, 0.1) is 6.67 Å². The van der Waals surface area contributed by atoms with Crippen molar-refractivity contribution in [2.75, 3.05) is 44.3 Å². The molecule has 0 unspecified atom stereocenters. The van der Waals surface area contributed by atoms with Crippen LogP contribution < -0.4 is 4.90 Å². The van der Waals surface area contributed by atoms with Gasteiger partial charge in [0, 0.05) is 44.8 Å². The fourth-order valence-corrected chi connectivity index (χ4v) is 3.68. The molecular formula is C27H35N3O9. The number of rotatable bonds is 8. The molecule has 0 aromatic heterocycles. The molecule has 12 heteroatoms. The maximum atomic E-state index is 12.4. The van der Waals surface area contributed by atoms with Crippen molar-refractivity contribution in [1.29, 1.82) is 0 Å². The van der Waals surface area contributed by atoms with Crippen molar-refractivity contribution in [2.45, 2.75) is 26.2 Å². The van der Waals surface area contributed by atoms with E-state index in [1.54, 1.807) is 0 Å². The summed E-state index contributed by atoms with van der Waals surface area (Å²) >= 11 is 0. The number of carbonyl (C=O) groups excluding carboxylic acids is 1. The van der Waals surface area contributed by atoms with E-state index < -0.39 is 23.9 Å². The third kappa shape index (κ3) is 13.7. The van der Waals surface area contributed by atoms with Crippen molar-refractivity contribution in [3.63, 3.8) is 0 Å². The average molecular weight is 546 g/mol. The molecule has 4 N–H and O–H groups in total. The Morgan fingerprint density at radius 2 is 1.18 bits per heavy atom. The number of anilines is 1. The number of nitrogens with zero attached hydrogens (tertiary/aromatic N) is 3. The molecule has 0 spiro atoms. The Hall–Kier alpha value is -4.29. The van der Waals surface area contributed by atoms with Gasteiger partial charge in [0.15, 0.2) is 0 Å². The van der Waals surface area contributed by atoms with Crippen LogP contribution >= 0.6 is 0 Å². The molecule has 0 bridgehead atoms. The van der Waals surface area contributed by atoms with Gasteiger partial charge in [-0.15, -0.1) is 0 Å². The van der Waals surface area contributed by atoms with Gasteiger partial charge < -0.3 is 25.3 Å². The maximum Gasteiger partial charge on any atom is 0.414 e. The van der Waals surface area contributed by atoms with Gasteiger partial charge in [0.1, 0.15) is 0 Å². The van der Waals surface area contributed by atoms with Crippen molar-refractivity contribution < 1.29 is 44.4 Å². The lowest BCUT2D eigenvalue weighted by molar-refractivity contribution is -0.159. The molecule has 0 saturated carbocycles. The Kier molecular flexibility index (Phi) is 15.1. The highest BCUT2D eigenvalue weighted by atomic mass is 16.4. The number of para-hydroxylation sites is 1. The number of benzene rings is 2. The van der Waals surface area contributed by atoms with Crippen molar-refractivity contribution >= 4 is 35.5 Å². The van der Waals surface area contributed by atoms with Crippen LogP contribution in [-0.2, 0) is 30.4 Å². The first-order valence-corrected chi connectivity index (χ1v) is 12.3. The lowest BCUT2D eigenvalue weighted by Gasteiger charge is -2.36. The van der Waals surface area contributed by atoms with Crippen LogP contribution in [0.3, 0.4) is 0 Å². The molecule has 1 fully saturated rings. The minimum atomic E-state index is -1.82. The third-order valence-electron chi connectivity index (χ3n) is 5.59. The monoisotopic (exact) mass is 545 g/mol. The molecule has 2 aromatic rings. The van der Waals surface area contributed by atoms with Crippen LogP contribution in [-0.4, -0.2) is 99.4 Å². The first-order chi connectivity index (χ1) is 18.5. The van der Waals surface area contributed by atoms with Gasteiger partial charge in [-0.25, -0.2) is 19.2 Å². The second kappa shape index (κ2) is 18.0. The molecule has 1 saturated heterocycles. The first-order valence-electron chi connectivity index (χ1n) is 12.3. The zero-order chi connectivity index (χ0) is 29.2. The van der Waals surface area contributed by atoms with Crippen LogP contribution in [0.4, 0.5) is 5.69 Å².